The molecule has 0 radical (unpaired) electrons. The highest BCUT2D eigenvalue weighted by atomic mass is 16.1. The first-order valence-electron chi connectivity index (χ1n) is 6.56. The van der Waals surface area contributed by atoms with Gasteiger partial charge in [0.05, 0.1) is 5.69 Å². The number of nitrogens with zero attached hydrogens (tertiary/aromatic N) is 3. The fraction of sp³-hybridized carbons (Fsp3) is 0.400. The van der Waals surface area contributed by atoms with Gasteiger partial charge in [-0.3, -0.25) is 4.79 Å². The zero-order valence-electron chi connectivity index (χ0n) is 11.6. The molecule has 0 aliphatic rings. The Balaban J connectivity index is 2.16. The number of benzene rings is 1. The van der Waals surface area contributed by atoms with E-state index in [-0.39, 0.29) is 6.04 Å². The number of aldehydes is 1. The molecule has 100 valence electrons. The first kappa shape index (κ1) is 13.5. The number of carbonyl (C=O) groups excluding carboxylic acids is 1. The van der Waals surface area contributed by atoms with Crippen molar-refractivity contribution in [2.24, 2.45) is 0 Å². The second-order valence-corrected chi connectivity index (χ2v) is 5.06. The number of rotatable bonds is 5. The van der Waals surface area contributed by atoms with Crippen molar-refractivity contribution in [3.8, 4) is 0 Å². The average Bonchev–Trinajstić information content (AvgIpc) is 2.81. The van der Waals surface area contributed by atoms with Gasteiger partial charge in [-0.2, -0.15) is 0 Å². The molecule has 0 saturated carbocycles. The van der Waals surface area contributed by atoms with E-state index in [0.717, 1.165) is 24.8 Å². The van der Waals surface area contributed by atoms with Gasteiger partial charge in [-0.25, -0.2) is 4.68 Å². The van der Waals surface area contributed by atoms with Crippen molar-refractivity contribution in [3.63, 3.8) is 0 Å². The van der Waals surface area contributed by atoms with Gasteiger partial charge in [-0.1, -0.05) is 35.0 Å². The lowest BCUT2D eigenvalue weighted by atomic mass is 10.1. The van der Waals surface area contributed by atoms with Crippen LogP contribution in [0.4, 0.5) is 0 Å². The summed E-state index contributed by atoms with van der Waals surface area (Å²) in [6.07, 6.45) is 2.46. The zero-order valence-corrected chi connectivity index (χ0v) is 11.6. The summed E-state index contributed by atoms with van der Waals surface area (Å²) in [7, 11) is 0. The van der Waals surface area contributed by atoms with Crippen LogP contribution < -0.4 is 0 Å². The minimum atomic E-state index is 0.217. The maximum absolute atomic E-state index is 11.0. The highest BCUT2D eigenvalue weighted by Gasteiger charge is 2.14. The van der Waals surface area contributed by atoms with Crippen LogP contribution >= 0.6 is 0 Å². The maximum Gasteiger partial charge on any atom is 0.172 e. The van der Waals surface area contributed by atoms with E-state index in [9.17, 15) is 4.79 Å². The highest BCUT2D eigenvalue weighted by molar-refractivity contribution is 5.73. The van der Waals surface area contributed by atoms with Gasteiger partial charge in [-0.05, 0) is 39.2 Å². The van der Waals surface area contributed by atoms with Gasteiger partial charge in [0.25, 0.3) is 0 Å². The van der Waals surface area contributed by atoms with Crippen molar-refractivity contribution in [2.75, 3.05) is 0 Å². The third kappa shape index (κ3) is 3.08. The van der Waals surface area contributed by atoms with Gasteiger partial charge in [0.15, 0.2) is 6.29 Å². The number of aromatic nitrogens is 3. The minimum Gasteiger partial charge on any atom is -0.296 e. The Labute approximate surface area is 113 Å². The molecule has 4 nitrogen and oxygen atoms in total. The molecule has 0 atom stereocenters. The molecule has 1 aromatic heterocycles. The van der Waals surface area contributed by atoms with Crippen molar-refractivity contribution in [1.82, 2.24) is 15.0 Å². The number of hydrogen-bond acceptors (Lipinski definition) is 3. The molecule has 0 spiro atoms. The van der Waals surface area contributed by atoms with Gasteiger partial charge in [0, 0.05) is 6.04 Å². The van der Waals surface area contributed by atoms with E-state index >= 15 is 0 Å². The summed E-state index contributed by atoms with van der Waals surface area (Å²) < 4.78 is 1.83. The minimum absolute atomic E-state index is 0.217. The van der Waals surface area contributed by atoms with Gasteiger partial charge < -0.3 is 0 Å². The first-order valence-corrected chi connectivity index (χ1v) is 6.56. The second kappa shape index (κ2) is 5.78. The predicted molar refractivity (Wildman–Crippen MR) is 74.4 cm³/mol. The lowest BCUT2D eigenvalue weighted by molar-refractivity contribution is 0.111. The molecule has 0 saturated heterocycles. The monoisotopic (exact) mass is 257 g/mol. The average molecular weight is 257 g/mol. The summed E-state index contributed by atoms with van der Waals surface area (Å²) >= 11 is 0. The molecule has 0 aliphatic carbocycles. The Morgan fingerprint density at radius 1 is 1.21 bits per heavy atom. The van der Waals surface area contributed by atoms with E-state index in [4.69, 9.17) is 0 Å². The van der Waals surface area contributed by atoms with E-state index in [1.54, 1.807) is 0 Å². The summed E-state index contributed by atoms with van der Waals surface area (Å²) in [4.78, 5) is 11.0. The summed E-state index contributed by atoms with van der Waals surface area (Å²) in [5.41, 5.74) is 3.90. The molecule has 2 rings (SSSR count). The SMILES string of the molecule is Cc1ccc(CCc2c(C=O)nnn2C(C)C)cc1. The molecule has 0 amide bonds. The molecule has 0 N–H and O–H groups in total. The second-order valence-electron chi connectivity index (χ2n) is 5.06. The van der Waals surface area contributed by atoms with E-state index in [1.807, 2.05) is 18.5 Å². The predicted octanol–water partition coefficient (Wildman–Crippen LogP) is 2.77. The summed E-state index contributed by atoms with van der Waals surface area (Å²) in [5.74, 6) is 0. The van der Waals surface area contributed by atoms with Crippen LogP contribution in [0.15, 0.2) is 24.3 Å². The summed E-state index contributed by atoms with van der Waals surface area (Å²) in [6.45, 7) is 6.16. The molecule has 4 heteroatoms. The number of carbonyl (C=O) groups is 1. The van der Waals surface area contributed by atoms with Crippen LogP contribution in [0.5, 0.6) is 0 Å². The van der Waals surface area contributed by atoms with Crippen molar-refractivity contribution < 1.29 is 4.79 Å². The van der Waals surface area contributed by atoms with Crippen LogP contribution in [0.3, 0.4) is 0 Å². The molecule has 2 aromatic rings. The van der Waals surface area contributed by atoms with Gasteiger partial charge in [0.2, 0.25) is 0 Å². The van der Waals surface area contributed by atoms with Crippen LogP contribution in [0, 0.1) is 6.92 Å². The van der Waals surface area contributed by atoms with Crippen LogP contribution in [-0.2, 0) is 12.8 Å². The fourth-order valence-corrected chi connectivity index (χ4v) is 2.09. The molecule has 0 unspecified atom stereocenters. The third-order valence-corrected chi connectivity index (χ3v) is 3.19. The maximum atomic E-state index is 11.0. The Kier molecular flexibility index (Phi) is 4.10. The molecule has 0 bridgehead atoms. The van der Waals surface area contributed by atoms with Gasteiger partial charge >= 0.3 is 0 Å². The largest absolute Gasteiger partial charge is 0.296 e. The normalized spacial score (nSPS) is 10.9. The smallest absolute Gasteiger partial charge is 0.172 e. The molecular weight excluding hydrogens is 238 g/mol. The first-order chi connectivity index (χ1) is 9.11. The molecular formula is C15H19N3O. The highest BCUT2D eigenvalue weighted by Crippen LogP contribution is 2.14. The molecule has 0 fully saturated rings. The van der Waals surface area contributed by atoms with Crippen LogP contribution in [-0.4, -0.2) is 21.3 Å². The lowest BCUT2D eigenvalue weighted by Gasteiger charge is -2.10. The van der Waals surface area contributed by atoms with E-state index in [1.165, 1.54) is 11.1 Å². The van der Waals surface area contributed by atoms with E-state index in [0.29, 0.717) is 5.69 Å². The fourth-order valence-electron chi connectivity index (χ4n) is 2.09. The van der Waals surface area contributed by atoms with Crippen molar-refractivity contribution in [3.05, 3.63) is 46.8 Å². The quantitative estimate of drug-likeness (QED) is 0.774. The summed E-state index contributed by atoms with van der Waals surface area (Å²) in [6, 6.07) is 8.68. The van der Waals surface area contributed by atoms with Crippen molar-refractivity contribution >= 4 is 6.29 Å². The number of aryl methyl sites for hydroxylation is 2. The third-order valence-electron chi connectivity index (χ3n) is 3.19. The lowest BCUT2D eigenvalue weighted by Crippen LogP contribution is -2.09. The van der Waals surface area contributed by atoms with Crippen LogP contribution in [0.2, 0.25) is 0 Å². The zero-order chi connectivity index (χ0) is 13.8. The molecule has 19 heavy (non-hydrogen) atoms. The van der Waals surface area contributed by atoms with Gasteiger partial charge in [0.1, 0.15) is 5.69 Å². The molecule has 1 heterocycles. The number of hydrogen-bond donors (Lipinski definition) is 0. The van der Waals surface area contributed by atoms with Crippen LogP contribution in [0.25, 0.3) is 0 Å². The van der Waals surface area contributed by atoms with Gasteiger partial charge in [-0.15, -0.1) is 5.10 Å². The van der Waals surface area contributed by atoms with E-state index < -0.39 is 0 Å². The topological polar surface area (TPSA) is 47.8 Å². The van der Waals surface area contributed by atoms with Crippen LogP contribution in [0.1, 0.15) is 47.2 Å². The standard InChI is InChI=1S/C15H19N3O/c1-11(2)18-15(14(10-19)16-17-18)9-8-13-6-4-12(3)5-7-13/h4-7,10-11H,8-9H2,1-3H3. The Morgan fingerprint density at radius 2 is 1.89 bits per heavy atom. The Bertz CT molecular complexity index is 555. The summed E-state index contributed by atoms with van der Waals surface area (Å²) in [5, 5.41) is 7.98. The molecule has 0 aliphatic heterocycles. The molecule has 1 aromatic carbocycles. The Hall–Kier alpha value is -1.97. The van der Waals surface area contributed by atoms with Crippen molar-refractivity contribution in [1.29, 1.82) is 0 Å². The van der Waals surface area contributed by atoms with E-state index in [2.05, 4.69) is 41.5 Å². The Morgan fingerprint density at radius 3 is 2.47 bits per heavy atom. The van der Waals surface area contributed by atoms with Crippen molar-refractivity contribution in [2.45, 2.75) is 39.7 Å².